The Bertz CT molecular complexity index is 510. The maximum Gasteiger partial charge on any atom is 0.329 e. The first kappa shape index (κ1) is 12.2. The van der Waals surface area contributed by atoms with Crippen LogP contribution >= 0.6 is 0 Å². The highest BCUT2D eigenvalue weighted by Crippen LogP contribution is 2.42. The van der Waals surface area contributed by atoms with Gasteiger partial charge in [-0.3, -0.25) is 10.1 Å². The Morgan fingerprint density at radius 3 is 2.67 bits per heavy atom. The highest BCUT2D eigenvalue weighted by atomic mass is 16.6. The number of nitro benzene ring substituents is 1. The highest BCUT2D eigenvalue weighted by Gasteiger charge is 2.51. The van der Waals surface area contributed by atoms with Crippen molar-refractivity contribution in [2.45, 2.75) is 18.4 Å². The molecule has 18 heavy (non-hydrogen) atoms. The van der Waals surface area contributed by atoms with Gasteiger partial charge in [0.25, 0.3) is 5.69 Å². The number of aliphatic carboxylic acids is 1. The van der Waals surface area contributed by atoms with Crippen LogP contribution in [-0.4, -0.2) is 28.6 Å². The second-order valence-electron chi connectivity index (χ2n) is 4.15. The van der Waals surface area contributed by atoms with Crippen molar-refractivity contribution in [1.82, 2.24) is 0 Å². The van der Waals surface area contributed by atoms with Gasteiger partial charge in [0.05, 0.1) is 12.0 Å². The number of anilines is 1. The SMILES string of the molecule is COc1ccc([N+](=O)[O-])c(NC2(C(=O)O)CC2)c1. The van der Waals surface area contributed by atoms with Crippen molar-refractivity contribution >= 4 is 17.3 Å². The summed E-state index contributed by atoms with van der Waals surface area (Å²) in [6.07, 6.45) is 0.910. The van der Waals surface area contributed by atoms with Crippen LogP contribution in [0.15, 0.2) is 18.2 Å². The number of carboxylic acid groups (broad SMARTS) is 1. The molecular formula is C11H12N2O5. The number of hydrogen-bond donors (Lipinski definition) is 2. The fraction of sp³-hybridized carbons (Fsp3) is 0.364. The minimum atomic E-state index is -1.07. The maximum atomic E-state index is 11.1. The van der Waals surface area contributed by atoms with Crippen molar-refractivity contribution < 1.29 is 19.6 Å². The number of carbonyl (C=O) groups is 1. The predicted octanol–water partition coefficient (Wildman–Crippen LogP) is 1.63. The van der Waals surface area contributed by atoms with Crippen LogP contribution in [0.3, 0.4) is 0 Å². The average molecular weight is 252 g/mol. The summed E-state index contributed by atoms with van der Waals surface area (Å²) in [6, 6.07) is 4.18. The number of nitro groups is 1. The van der Waals surface area contributed by atoms with E-state index < -0.39 is 16.4 Å². The molecule has 1 aliphatic rings. The zero-order chi connectivity index (χ0) is 13.3. The van der Waals surface area contributed by atoms with E-state index in [-0.39, 0.29) is 11.4 Å². The lowest BCUT2D eigenvalue weighted by Gasteiger charge is -2.14. The van der Waals surface area contributed by atoms with E-state index in [0.29, 0.717) is 18.6 Å². The first-order valence-electron chi connectivity index (χ1n) is 5.32. The van der Waals surface area contributed by atoms with E-state index in [2.05, 4.69) is 5.32 Å². The zero-order valence-electron chi connectivity index (χ0n) is 9.67. The lowest BCUT2D eigenvalue weighted by Crippen LogP contribution is -2.31. The molecule has 0 amide bonds. The number of rotatable bonds is 5. The number of nitrogens with zero attached hydrogens (tertiary/aromatic N) is 1. The molecule has 0 atom stereocenters. The van der Waals surface area contributed by atoms with Gasteiger partial charge in [0.15, 0.2) is 0 Å². The minimum absolute atomic E-state index is 0.164. The molecule has 7 nitrogen and oxygen atoms in total. The Morgan fingerprint density at radius 1 is 1.56 bits per heavy atom. The van der Waals surface area contributed by atoms with Crippen molar-refractivity contribution in [3.8, 4) is 5.75 Å². The van der Waals surface area contributed by atoms with Gasteiger partial charge in [-0.15, -0.1) is 0 Å². The van der Waals surface area contributed by atoms with Crippen LogP contribution in [0, 0.1) is 10.1 Å². The maximum absolute atomic E-state index is 11.1. The summed E-state index contributed by atoms with van der Waals surface area (Å²) in [5, 5.41) is 22.7. The highest BCUT2D eigenvalue weighted by molar-refractivity contribution is 5.87. The van der Waals surface area contributed by atoms with Gasteiger partial charge in [-0.1, -0.05) is 0 Å². The normalized spacial score (nSPS) is 15.8. The van der Waals surface area contributed by atoms with E-state index >= 15 is 0 Å². The molecule has 0 aromatic heterocycles. The topological polar surface area (TPSA) is 102 Å². The van der Waals surface area contributed by atoms with E-state index in [1.54, 1.807) is 0 Å². The van der Waals surface area contributed by atoms with Crippen LogP contribution in [0.25, 0.3) is 0 Å². The number of ether oxygens (including phenoxy) is 1. The molecule has 0 aliphatic heterocycles. The molecule has 0 radical (unpaired) electrons. The second-order valence-corrected chi connectivity index (χ2v) is 4.15. The molecule has 7 heteroatoms. The molecule has 96 valence electrons. The summed E-state index contributed by atoms with van der Waals surface area (Å²) < 4.78 is 4.97. The van der Waals surface area contributed by atoms with E-state index in [0.717, 1.165) is 0 Å². The second kappa shape index (κ2) is 4.17. The summed E-state index contributed by atoms with van der Waals surface area (Å²) in [5.74, 6) is -0.566. The Kier molecular flexibility index (Phi) is 2.82. The van der Waals surface area contributed by atoms with Crippen LogP contribution in [0.1, 0.15) is 12.8 Å². The molecule has 0 spiro atoms. The Balaban J connectivity index is 2.35. The Hall–Kier alpha value is -2.31. The summed E-state index contributed by atoms with van der Waals surface area (Å²) >= 11 is 0. The lowest BCUT2D eigenvalue weighted by atomic mass is 10.2. The zero-order valence-corrected chi connectivity index (χ0v) is 9.67. The third-order valence-electron chi connectivity index (χ3n) is 2.93. The fourth-order valence-electron chi connectivity index (χ4n) is 1.68. The molecule has 2 N–H and O–H groups in total. The van der Waals surface area contributed by atoms with Crippen LogP contribution in [-0.2, 0) is 4.79 Å². The summed E-state index contributed by atoms with van der Waals surface area (Å²) in [7, 11) is 1.44. The van der Waals surface area contributed by atoms with Gasteiger partial charge in [0, 0.05) is 12.1 Å². The lowest BCUT2D eigenvalue weighted by molar-refractivity contribution is -0.384. The van der Waals surface area contributed by atoms with E-state index in [4.69, 9.17) is 9.84 Å². The third-order valence-corrected chi connectivity index (χ3v) is 2.93. The first-order valence-corrected chi connectivity index (χ1v) is 5.32. The van der Waals surface area contributed by atoms with Crippen molar-refractivity contribution in [2.75, 3.05) is 12.4 Å². The molecular weight excluding hydrogens is 240 g/mol. The first-order chi connectivity index (χ1) is 8.48. The molecule has 1 aromatic rings. The number of methoxy groups -OCH3 is 1. The van der Waals surface area contributed by atoms with E-state index in [1.165, 1.54) is 25.3 Å². The average Bonchev–Trinajstić information content (AvgIpc) is 3.09. The monoisotopic (exact) mass is 252 g/mol. The number of benzene rings is 1. The van der Waals surface area contributed by atoms with Gasteiger partial charge in [0.2, 0.25) is 0 Å². The van der Waals surface area contributed by atoms with Gasteiger partial charge in [0.1, 0.15) is 17.0 Å². The number of hydrogen-bond acceptors (Lipinski definition) is 5. The Morgan fingerprint density at radius 2 is 2.22 bits per heavy atom. The third kappa shape index (κ3) is 2.06. The van der Waals surface area contributed by atoms with Gasteiger partial charge in [-0.25, -0.2) is 4.79 Å². The van der Waals surface area contributed by atoms with Crippen molar-refractivity contribution in [2.24, 2.45) is 0 Å². The molecule has 1 fully saturated rings. The molecule has 1 saturated carbocycles. The van der Waals surface area contributed by atoms with Crippen molar-refractivity contribution in [3.63, 3.8) is 0 Å². The predicted molar refractivity (Wildman–Crippen MR) is 62.9 cm³/mol. The largest absolute Gasteiger partial charge is 0.497 e. The van der Waals surface area contributed by atoms with Crippen LogP contribution in [0.5, 0.6) is 5.75 Å². The molecule has 1 aliphatic carbocycles. The van der Waals surface area contributed by atoms with Crippen molar-refractivity contribution in [1.29, 1.82) is 0 Å². The van der Waals surface area contributed by atoms with E-state index in [9.17, 15) is 14.9 Å². The molecule has 2 rings (SSSR count). The van der Waals surface area contributed by atoms with Crippen molar-refractivity contribution in [3.05, 3.63) is 28.3 Å². The standard InChI is InChI=1S/C11H12N2O5/c1-18-7-2-3-9(13(16)17)8(6-7)12-11(4-5-11)10(14)15/h2-3,6,12H,4-5H2,1H3,(H,14,15). The molecule has 0 saturated heterocycles. The number of carboxylic acids is 1. The molecule has 0 bridgehead atoms. The van der Waals surface area contributed by atoms with Gasteiger partial charge in [-0.2, -0.15) is 0 Å². The fourth-order valence-corrected chi connectivity index (χ4v) is 1.68. The van der Waals surface area contributed by atoms with E-state index in [1.807, 2.05) is 0 Å². The number of nitrogens with one attached hydrogen (secondary N) is 1. The Labute approximate surface area is 103 Å². The summed E-state index contributed by atoms with van der Waals surface area (Å²) in [4.78, 5) is 21.4. The summed E-state index contributed by atoms with van der Waals surface area (Å²) in [5.41, 5.74) is -1.07. The van der Waals surface area contributed by atoms with Crippen LogP contribution in [0.2, 0.25) is 0 Å². The van der Waals surface area contributed by atoms with Crippen LogP contribution < -0.4 is 10.1 Å². The summed E-state index contributed by atoms with van der Waals surface area (Å²) in [6.45, 7) is 0. The van der Waals surface area contributed by atoms with Gasteiger partial charge < -0.3 is 15.2 Å². The van der Waals surface area contributed by atoms with Gasteiger partial charge in [-0.05, 0) is 18.9 Å². The minimum Gasteiger partial charge on any atom is -0.497 e. The van der Waals surface area contributed by atoms with Gasteiger partial charge >= 0.3 is 5.97 Å². The smallest absolute Gasteiger partial charge is 0.329 e. The molecule has 0 heterocycles. The molecule has 1 aromatic carbocycles. The molecule has 0 unspecified atom stereocenters. The van der Waals surface area contributed by atoms with Crippen LogP contribution in [0.4, 0.5) is 11.4 Å². The quantitative estimate of drug-likeness (QED) is 0.610.